The third-order valence-electron chi connectivity index (χ3n) is 5.70. The van der Waals surface area contributed by atoms with Crippen LogP contribution in [0.3, 0.4) is 0 Å². The van der Waals surface area contributed by atoms with E-state index < -0.39 is 15.9 Å². The van der Waals surface area contributed by atoms with Gasteiger partial charge in [-0.2, -0.15) is 0 Å². The lowest BCUT2D eigenvalue weighted by Gasteiger charge is -2.24. The minimum Gasteiger partial charge on any atom is -0.324 e. The van der Waals surface area contributed by atoms with Crippen molar-refractivity contribution in [1.82, 2.24) is 14.5 Å². The first-order valence-electron chi connectivity index (χ1n) is 10.5. The average Bonchev–Trinajstić information content (AvgIpc) is 3.35. The second-order valence-corrected chi connectivity index (χ2v) is 11.5. The topological polar surface area (TPSA) is 101 Å². The van der Waals surface area contributed by atoms with Gasteiger partial charge in [-0.25, -0.2) is 13.4 Å². The molecule has 1 N–H and O–H groups in total. The van der Waals surface area contributed by atoms with Crippen LogP contribution in [0.5, 0.6) is 0 Å². The maximum absolute atomic E-state index is 13.3. The first-order valence-corrected chi connectivity index (χ1v) is 13.7. The number of carbonyl (C=O) groups is 2. The van der Waals surface area contributed by atoms with Crippen molar-refractivity contribution in [2.24, 2.45) is 0 Å². The molecule has 2 amide bonds. The van der Waals surface area contributed by atoms with E-state index >= 15 is 0 Å². The van der Waals surface area contributed by atoms with Crippen LogP contribution in [-0.2, 0) is 31.7 Å². The number of nitrogens with one attached hydrogen (secondary N) is 1. The largest absolute Gasteiger partial charge is 0.324 e. The summed E-state index contributed by atoms with van der Waals surface area (Å²) in [7, 11) is -3.34. The lowest BCUT2D eigenvalue weighted by molar-refractivity contribution is -0.136. The van der Waals surface area contributed by atoms with Crippen molar-refractivity contribution in [3.05, 3.63) is 59.4 Å². The van der Waals surface area contributed by atoms with Crippen molar-refractivity contribution in [2.45, 2.75) is 32.2 Å². The van der Waals surface area contributed by atoms with E-state index in [4.69, 9.17) is 0 Å². The summed E-state index contributed by atoms with van der Waals surface area (Å²) in [5.41, 5.74) is 4.23. The van der Waals surface area contributed by atoms with Gasteiger partial charge in [-0.15, -0.1) is 11.8 Å². The molecular formula is C23H26N4O4S2. The van der Waals surface area contributed by atoms with Gasteiger partial charge in [-0.05, 0) is 49.2 Å². The van der Waals surface area contributed by atoms with Gasteiger partial charge in [0.2, 0.25) is 11.8 Å². The number of amides is 2. The van der Waals surface area contributed by atoms with Crippen molar-refractivity contribution in [3.8, 4) is 0 Å². The van der Waals surface area contributed by atoms with Crippen LogP contribution in [0.2, 0.25) is 0 Å². The number of hydrogen-bond acceptors (Lipinski definition) is 6. The molecule has 0 radical (unpaired) electrons. The Bertz CT molecular complexity index is 1330. The van der Waals surface area contributed by atoms with Gasteiger partial charge >= 0.3 is 0 Å². The zero-order valence-corrected chi connectivity index (χ0v) is 20.4. The fourth-order valence-electron chi connectivity index (χ4n) is 3.82. The van der Waals surface area contributed by atoms with Crippen LogP contribution < -0.4 is 5.32 Å². The smallest absolute Gasteiger partial charge is 0.248 e. The zero-order chi connectivity index (χ0) is 23.8. The Hall–Kier alpha value is -2.85. The number of nitrogens with zero attached hydrogens (tertiary/aromatic N) is 3. The van der Waals surface area contributed by atoms with Crippen LogP contribution in [0.15, 0.2) is 42.5 Å². The highest BCUT2D eigenvalue weighted by Crippen LogP contribution is 2.25. The predicted octanol–water partition coefficient (Wildman–Crippen LogP) is 2.74. The predicted molar refractivity (Wildman–Crippen MR) is 131 cm³/mol. The number of carbonyl (C=O) groups excluding carboxylic acids is 2. The molecule has 174 valence electrons. The molecule has 0 spiro atoms. The summed E-state index contributed by atoms with van der Waals surface area (Å²) in [6.45, 7) is 3.90. The number of para-hydroxylation sites is 2. The fraction of sp³-hybridized carbons (Fsp3) is 0.348. The van der Waals surface area contributed by atoms with Gasteiger partial charge in [0.15, 0.2) is 9.84 Å². The molecule has 10 heteroatoms. The molecule has 1 unspecified atom stereocenters. The van der Waals surface area contributed by atoms with Crippen LogP contribution in [0.25, 0.3) is 11.0 Å². The molecule has 1 atom stereocenters. The Labute approximate surface area is 197 Å². The molecular weight excluding hydrogens is 460 g/mol. The lowest BCUT2D eigenvalue weighted by atomic mass is 10.1. The molecule has 8 nitrogen and oxygen atoms in total. The van der Waals surface area contributed by atoms with Gasteiger partial charge in [0.1, 0.15) is 24.2 Å². The van der Waals surface area contributed by atoms with Crippen molar-refractivity contribution >= 4 is 50.1 Å². The molecule has 0 saturated carbocycles. The molecule has 0 bridgehead atoms. The molecule has 33 heavy (non-hydrogen) atoms. The van der Waals surface area contributed by atoms with Gasteiger partial charge in [0.25, 0.3) is 0 Å². The van der Waals surface area contributed by atoms with Crippen LogP contribution >= 0.6 is 11.8 Å². The van der Waals surface area contributed by atoms with Gasteiger partial charge in [0, 0.05) is 17.7 Å². The second kappa shape index (κ2) is 9.18. The summed E-state index contributed by atoms with van der Waals surface area (Å²) in [6.07, 6.45) is 1.14. The summed E-state index contributed by atoms with van der Waals surface area (Å²) >= 11 is 1.52. The highest BCUT2D eigenvalue weighted by molar-refractivity contribution is 7.99. The van der Waals surface area contributed by atoms with E-state index in [1.165, 1.54) is 11.8 Å². The minimum atomic E-state index is -3.34. The highest BCUT2D eigenvalue weighted by atomic mass is 32.2. The van der Waals surface area contributed by atoms with E-state index in [-0.39, 0.29) is 24.1 Å². The Morgan fingerprint density at radius 1 is 1.15 bits per heavy atom. The number of sulfone groups is 1. The molecule has 1 aromatic heterocycles. The average molecular weight is 487 g/mol. The van der Waals surface area contributed by atoms with Gasteiger partial charge in [-0.1, -0.05) is 18.2 Å². The van der Waals surface area contributed by atoms with Crippen LogP contribution in [0.1, 0.15) is 17.0 Å². The Morgan fingerprint density at radius 2 is 1.91 bits per heavy atom. The van der Waals surface area contributed by atoms with E-state index in [9.17, 15) is 18.0 Å². The molecule has 2 heterocycles. The number of rotatable bonds is 6. The molecule has 2 aromatic carbocycles. The third-order valence-corrected chi connectivity index (χ3v) is 7.49. The molecule has 1 saturated heterocycles. The second-order valence-electron chi connectivity index (χ2n) is 8.34. The summed E-state index contributed by atoms with van der Waals surface area (Å²) in [4.78, 5) is 32.2. The van der Waals surface area contributed by atoms with E-state index in [2.05, 4.69) is 10.3 Å². The molecule has 0 aliphatic carbocycles. The maximum Gasteiger partial charge on any atom is 0.248 e. The monoisotopic (exact) mass is 486 g/mol. The molecule has 1 fully saturated rings. The zero-order valence-electron chi connectivity index (χ0n) is 18.7. The van der Waals surface area contributed by atoms with Gasteiger partial charge < -0.3 is 14.8 Å². The molecule has 3 aromatic rings. The van der Waals surface area contributed by atoms with Crippen molar-refractivity contribution in [1.29, 1.82) is 0 Å². The van der Waals surface area contributed by atoms with Gasteiger partial charge in [0.05, 0.1) is 16.9 Å². The fourth-order valence-corrected chi connectivity index (χ4v) is 5.69. The SMILES string of the molecule is Cc1ccc(NC(=O)C2CSCN2C(=O)Cn2c(CS(C)(=O)=O)nc3ccccc32)cc1C. The number of aryl methyl sites for hydroxylation is 2. The van der Waals surface area contributed by atoms with Crippen molar-refractivity contribution in [3.63, 3.8) is 0 Å². The molecule has 1 aliphatic heterocycles. The number of aromatic nitrogens is 2. The lowest BCUT2D eigenvalue weighted by Crippen LogP contribution is -2.45. The van der Waals surface area contributed by atoms with Crippen molar-refractivity contribution in [2.75, 3.05) is 23.2 Å². The highest BCUT2D eigenvalue weighted by Gasteiger charge is 2.35. The standard InChI is InChI=1S/C23H26N4O4S2/c1-15-8-9-17(10-16(15)2)24-23(29)20-12-32-14-27(20)22(28)11-26-19-7-5-4-6-18(19)25-21(26)13-33(3,30)31/h4-10,20H,11-14H2,1-3H3,(H,24,29). The van der Waals surface area contributed by atoms with Crippen LogP contribution in [-0.4, -0.2) is 58.6 Å². The summed E-state index contributed by atoms with van der Waals surface area (Å²) < 4.78 is 25.5. The Balaban J connectivity index is 1.55. The van der Waals surface area contributed by atoms with E-state index in [1.54, 1.807) is 15.5 Å². The third kappa shape index (κ3) is 5.22. The minimum absolute atomic E-state index is 0.0840. The number of imidazole rings is 1. The first kappa shape index (κ1) is 23.3. The van der Waals surface area contributed by atoms with Crippen LogP contribution in [0.4, 0.5) is 5.69 Å². The Morgan fingerprint density at radius 3 is 2.64 bits per heavy atom. The number of anilines is 1. The van der Waals surface area contributed by atoms with E-state index in [0.717, 1.165) is 17.4 Å². The van der Waals surface area contributed by atoms with Gasteiger partial charge in [-0.3, -0.25) is 9.59 Å². The van der Waals surface area contributed by atoms with Crippen LogP contribution in [0, 0.1) is 13.8 Å². The summed E-state index contributed by atoms with van der Waals surface area (Å²) in [5, 5.41) is 2.92. The van der Waals surface area contributed by atoms with Crippen molar-refractivity contribution < 1.29 is 18.0 Å². The maximum atomic E-state index is 13.3. The number of thioether (sulfide) groups is 1. The normalized spacial score (nSPS) is 16.3. The summed E-state index contributed by atoms with van der Waals surface area (Å²) in [5.74, 6) is 0.471. The number of hydrogen-bond donors (Lipinski definition) is 1. The molecule has 1 aliphatic rings. The number of fused-ring (bicyclic) bond motifs is 1. The quantitative estimate of drug-likeness (QED) is 0.575. The summed E-state index contributed by atoms with van der Waals surface area (Å²) in [6, 6.07) is 12.3. The number of benzene rings is 2. The Kier molecular flexibility index (Phi) is 6.49. The van der Waals surface area contributed by atoms with E-state index in [0.29, 0.717) is 34.2 Å². The van der Waals surface area contributed by atoms with E-state index in [1.807, 2.05) is 50.2 Å². The molecule has 4 rings (SSSR count). The first-order chi connectivity index (χ1) is 15.6.